The van der Waals surface area contributed by atoms with Gasteiger partial charge in [0.05, 0.1) is 18.4 Å². The number of aromatic hydroxyl groups is 1. The lowest BCUT2D eigenvalue weighted by Gasteiger charge is -2.10. The Morgan fingerprint density at radius 3 is 2.80 bits per heavy atom. The molecule has 1 rings (SSSR count). The van der Waals surface area contributed by atoms with Crippen LogP contribution in [0.3, 0.4) is 0 Å². The van der Waals surface area contributed by atoms with Gasteiger partial charge in [-0.05, 0) is 18.6 Å². The van der Waals surface area contributed by atoms with E-state index in [-0.39, 0.29) is 17.1 Å². The molecule has 0 aliphatic carbocycles. The number of nitrogens with zero attached hydrogens (tertiary/aromatic N) is 1. The molecule has 0 radical (unpaired) electrons. The maximum atomic E-state index is 12.1. The third-order valence-corrected chi connectivity index (χ3v) is 2.48. The van der Waals surface area contributed by atoms with Crippen LogP contribution < -0.4 is 10.1 Å². The van der Waals surface area contributed by atoms with Crippen LogP contribution in [0.5, 0.6) is 11.5 Å². The number of hydrogen-bond donors (Lipinski definition) is 2. The lowest BCUT2D eigenvalue weighted by atomic mass is 10.1. The lowest BCUT2D eigenvalue weighted by molar-refractivity contribution is 0.0967. The van der Waals surface area contributed by atoms with Crippen LogP contribution >= 0.6 is 0 Å². The van der Waals surface area contributed by atoms with Crippen LogP contribution in [0.4, 0.5) is 5.69 Å². The van der Waals surface area contributed by atoms with Gasteiger partial charge in [-0.15, -0.1) is 0 Å². The molecule has 0 saturated heterocycles. The molecule has 0 aromatic heterocycles. The Labute approximate surface area is 118 Å². The van der Waals surface area contributed by atoms with Gasteiger partial charge in [-0.2, -0.15) is 0 Å². The van der Waals surface area contributed by atoms with Crippen LogP contribution in [-0.4, -0.2) is 24.3 Å². The zero-order valence-electron chi connectivity index (χ0n) is 11.6. The molecule has 0 heterocycles. The first kappa shape index (κ1) is 15.5. The third kappa shape index (κ3) is 3.71. The fraction of sp³-hybridized carbons (Fsp3) is 0.200. The summed E-state index contributed by atoms with van der Waals surface area (Å²) < 4.78 is 5.00. The van der Waals surface area contributed by atoms with Crippen molar-refractivity contribution in [1.29, 1.82) is 0 Å². The average molecular weight is 274 g/mol. The molecule has 0 saturated carbocycles. The molecule has 20 heavy (non-hydrogen) atoms. The molecule has 1 aromatic rings. The number of benzene rings is 1. The largest absolute Gasteiger partial charge is 0.504 e. The monoisotopic (exact) mass is 274 g/mol. The highest BCUT2D eigenvalue weighted by Gasteiger charge is 2.15. The minimum absolute atomic E-state index is 0.0742. The Hall–Kier alpha value is -2.56. The second-order valence-electron chi connectivity index (χ2n) is 3.94. The Kier molecular flexibility index (Phi) is 5.53. The minimum atomic E-state index is -0.392. The number of methoxy groups -OCH3 is 1. The fourth-order valence-electron chi connectivity index (χ4n) is 1.46. The van der Waals surface area contributed by atoms with Crippen LogP contribution in [0.2, 0.25) is 0 Å². The summed E-state index contributed by atoms with van der Waals surface area (Å²) in [6.07, 6.45) is 3.80. The van der Waals surface area contributed by atoms with Crippen molar-refractivity contribution in [1.82, 2.24) is 5.32 Å². The highest BCUT2D eigenvalue weighted by atomic mass is 16.5. The molecule has 0 unspecified atom stereocenters. The zero-order chi connectivity index (χ0) is 15.1. The van der Waals surface area contributed by atoms with Gasteiger partial charge in [0.25, 0.3) is 5.91 Å². The smallest absolute Gasteiger partial charge is 0.257 e. The molecule has 0 aliphatic rings. The number of allylic oxidation sites excluding steroid dienone is 1. The number of carbonyl (C=O) groups is 1. The standard InChI is InChI=1S/C15H18N2O3/c1-5-7-16-12-9-13(18)14(20-4)8-11(12)15(19)17-10(3)6-2/h6-9,18H,2-3,5H2,1,4H3,(H,17,19)/b16-7-. The second-order valence-corrected chi connectivity index (χ2v) is 3.94. The van der Waals surface area contributed by atoms with Gasteiger partial charge in [0.1, 0.15) is 0 Å². The van der Waals surface area contributed by atoms with Crippen molar-refractivity contribution >= 4 is 17.8 Å². The van der Waals surface area contributed by atoms with E-state index in [1.807, 2.05) is 6.92 Å². The van der Waals surface area contributed by atoms with E-state index in [0.717, 1.165) is 0 Å². The highest BCUT2D eigenvalue weighted by Crippen LogP contribution is 2.34. The summed E-state index contributed by atoms with van der Waals surface area (Å²) in [6, 6.07) is 2.82. The molecular weight excluding hydrogens is 256 g/mol. The lowest BCUT2D eigenvalue weighted by Crippen LogP contribution is -2.21. The minimum Gasteiger partial charge on any atom is -0.504 e. The van der Waals surface area contributed by atoms with Gasteiger partial charge in [-0.3, -0.25) is 9.79 Å². The van der Waals surface area contributed by atoms with Gasteiger partial charge in [0.15, 0.2) is 11.5 Å². The second kappa shape index (κ2) is 7.13. The van der Waals surface area contributed by atoms with Gasteiger partial charge in [0.2, 0.25) is 0 Å². The molecule has 2 N–H and O–H groups in total. The number of hydrogen-bond acceptors (Lipinski definition) is 4. The summed E-state index contributed by atoms with van der Waals surface area (Å²) >= 11 is 0. The Morgan fingerprint density at radius 2 is 2.25 bits per heavy atom. The Bertz CT molecular complexity index is 562. The van der Waals surface area contributed by atoms with Crippen LogP contribution in [0.25, 0.3) is 0 Å². The molecule has 1 amide bonds. The van der Waals surface area contributed by atoms with Gasteiger partial charge < -0.3 is 15.2 Å². The van der Waals surface area contributed by atoms with E-state index in [2.05, 4.69) is 23.5 Å². The van der Waals surface area contributed by atoms with E-state index < -0.39 is 5.91 Å². The third-order valence-electron chi connectivity index (χ3n) is 2.48. The maximum absolute atomic E-state index is 12.1. The van der Waals surface area contributed by atoms with Gasteiger partial charge >= 0.3 is 0 Å². The number of aliphatic imine (C=N–C) groups is 1. The first-order valence-corrected chi connectivity index (χ1v) is 6.09. The van der Waals surface area contributed by atoms with Crippen molar-refractivity contribution in [3.63, 3.8) is 0 Å². The molecule has 0 atom stereocenters. The molecule has 1 aromatic carbocycles. The number of phenols is 1. The van der Waals surface area contributed by atoms with Crippen molar-refractivity contribution in [3.8, 4) is 11.5 Å². The Balaban J connectivity index is 3.25. The van der Waals surface area contributed by atoms with Crippen molar-refractivity contribution in [2.75, 3.05) is 7.11 Å². The first-order valence-electron chi connectivity index (χ1n) is 6.09. The number of nitrogens with one attached hydrogen (secondary N) is 1. The topological polar surface area (TPSA) is 70.9 Å². The molecular formula is C15H18N2O3. The molecule has 106 valence electrons. The molecule has 0 spiro atoms. The summed E-state index contributed by atoms with van der Waals surface area (Å²) in [4.78, 5) is 16.3. The molecule has 0 fully saturated rings. The van der Waals surface area contributed by atoms with Gasteiger partial charge in [-0.25, -0.2) is 0 Å². The number of carbonyl (C=O) groups excluding carboxylic acids is 1. The normalized spacial score (nSPS) is 10.3. The van der Waals surface area contributed by atoms with Crippen LogP contribution in [-0.2, 0) is 0 Å². The maximum Gasteiger partial charge on any atom is 0.257 e. The summed E-state index contributed by atoms with van der Waals surface area (Å²) in [5.74, 6) is -0.263. The summed E-state index contributed by atoms with van der Waals surface area (Å²) in [5, 5.41) is 12.3. The predicted molar refractivity (Wildman–Crippen MR) is 79.9 cm³/mol. The Morgan fingerprint density at radius 1 is 1.55 bits per heavy atom. The van der Waals surface area contributed by atoms with Crippen LogP contribution in [0, 0.1) is 0 Å². The summed E-state index contributed by atoms with van der Waals surface area (Å²) in [5.41, 5.74) is 1.03. The number of ether oxygens (including phenoxy) is 1. The van der Waals surface area contributed by atoms with Gasteiger partial charge in [0, 0.05) is 18.0 Å². The predicted octanol–water partition coefficient (Wildman–Crippen LogP) is 2.94. The molecule has 0 bridgehead atoms. The fourth-order valence-corrected chi connectivity index (χ4v) is 1.46. The van der Waals surface area contributed by atoms with E-state index in [1.54, 1.807) is 6.21 Å². The zero-order valence-corrected chi connectivity index (χ0v) is 11.6. The highest BCUT2D eigenvalue weighted by molar-refractivity contribution is 6.01. The van der Waals surface area contributed by atoms with Gasteiger partial charge in [-0.1, -0.05) is 20.1 Å². The first-order chi connectivity index (χ1) is 9.53. The van der Waals surface area contributed by atoms with Crippen molar-refractivity contribution < 1.29 is 14.6 Å². The average Bonchev–Trinajstić information content (AvgIpc) is 2.44. The van der Waals surface area contributed by atoms with Crippen molar-refractivity contribution in [3.05, 3.63) is 42.6 Å². The van der Waals surface area contributed by atoms with E-state index >= 15 is 0 Å². The van der Waals surface area contributed by atoms with Crippen LogP contribution in [0.15, 0.2) is 42.1 Å². The van der Waals surface area contributed by atoms with Crippen molar-refractivity contribution in [2.24, 2.45) is 4.99 Å². The summed E-state index contributed by atoms with van der Waals surface area (Å²) in [7, 11) is 1.41. The quantitative estimate of drug-likeness (QED) is 0.619. The SMILES string of the molecule is C=CC(=C)NC(=O)c1cc(OC)c(O)cc1/N=C\CC. The van der Waals surface area contributed by atoms with Crippen molar-refractivity contribution in [2.45, 2.75) is 13.3 Å². The number of rotatable bonds is 6. The molecule has 5 heteroatoms. The molecule has 5 nitrogen and oxygen atoms in total. The number of phenolic OH excluding ortho intramolecular Hbond substituents is 1. The van der Waals surface area contributed by atoms with E-state index in [0.29, 0.717) is 17.8 Å². The molecule has 0 aliphatic heterocycles. The van der Waals surface area contributed by atoms with E-state index in [9.17, 15) is 9.90 Å². The number of amides is 1. The van der Waals surface area contributed by atoms with E-state index in [1.165, 1.54) is 25.3 Å². The summed E-state index contributed by atoms with van der Waals surface area (Å²) in [6.45, 7) is 9.06. The van der Waals surface area contributed by atoms with E-state index in [4.69, 9.17) is 4.74 Å². The van der Waals surface area contributed by atoms with Crippen LogP contribution in [0.1, 0.15) is 23.7 Å².